The molecule has 7 nitrogen and oxygen atoms in total. The third-order valence-corrected chi connectivity index (χ3v) is 4.40. The van der Waals surface area contributed by atoms with Gasteiger partial charge in [0.2, 0.25) is 0 Å². The third-order valence-electron chi connectivity index (χ3n) is 3.84. The number of hydrogen-bond donors (Lipinski definition) is 3. The highest BCUT2D eigenvalue weighted by atomic mass is 35.5. The minimum Gasteiger partial charge on any atom is -0.508 e. The minimum absolute atomic E-state index is 0.0671. The van der Waals surface area contributed by atoms with Crippen LogP contribution >= 0.6 is 23.2 Å². The van der Waals surface area contributed by atoms with Crippen LogP contribution in [0.3, 0.4) is 0 Å². The van der Waals surface area contributed by atoms with E-state index in [0.717, 1.165) is 4.90 Å². The lowest BCUT2D eigenvalue weighted by molar-refractivity contribution is -0.136. The molecular weight excluding hydrogens is 409 g/mol. The Labute approximate surface area is 171 Å². The molecule has 0 fully saturated rings. The number of rotatable bonds is 8. The molecule has 2 aromatic carbocycles. The van der Waals surface area contributed by atoms with Crippen LogP contribution in [0.5, 0.6) is 17.2 Å². The molecule has 0 atom stereocenters. The van der Waals surface area contributed by atoms with Crippen LogP contribution in [0.15, 0.2) is 30.3 Å². The Bertz CT molecular complexity index is 861. The summed E-state index contributed by atoms with van der Waals surface area (Å²) in [5.74, 6) is -1.63. The molecule has 0 saturated heterocycles. The number of aromatic hydroxyl groups is 1. The summed E-state index contributed by atoms with van der Waals surface area (Å²) in [4.78, 5) is 23.1. The molecule has 3 N–H and O–H groups in total. The maximum absolute atomic E-state index is 11.0. The minimum atomic E-state index is -1.20. The number of hydrogen-bond acceptors (Lipinski definition) is 5. The summed E-state index contributed by atoms with van der Waals surface area (Å²) in [6.07, 6.45) is 0. The highest BCUT2D eigenvalue weighted by Gasteiger charge is 2.19. The summed E-state index contributed by atoms with van der Waals surface area (Å²) in [6.45, 7) is 2.78. The molecule has 0 aliphatic carbocycles. The lowest BCUT2D eigenvalue weighted by atomic mass is 10.0. The summed E-state index contributed by atoms with van der Waals surface area (Å²) in [5.41, 5.74) is 0.927. The summed E-state index contributed by atoms with van der Waals surface area (Å²) in [5, 5.41) is 28.1. The molecule has 0 heterocycles. The number of ether oxygens (including phenoxy) is 1. The lowest BCUT2D eigenvalue weighted by Crippen LogP contribution is -2.34. The normalized spacial score (nSPS) is 10.8. The summed E-state index contributed by atoms with van der Waals surface area (Å²) >= 11 is 12.5. The van der Waals surface area contributed by atoms with E-state index in [4.69, 9.17) is 38.2 Å². The number of nitrogens with zero attached hydrogens (tertiary/aromatic N) is 1. The van der Waals surface area contributed by atoms with Crippen molar-refractivity contribution in [3.63, 3.8) is 0 Å². The van der Waals surface area contributed by atoms with Gasteiger partial charge in [-0.3, -0.25) is 9.59 Å². The molecule has 0 amide bonds. The van der Waals surface area contributed by atoms with Gasteiger partial charge in [-0.2, -0.15) is 0 Å². The lowest BCUT2D eigenvalue weighted by Gasteiger charge is -2.22. The van der Waals surface area contributed by atoms with Gasteiger partial charge in [0.25, 0.3) is 0 Å². The molecule has 0 aliphatic rings. The maximum Gasteiger partial charge on any atom is 0.323 e. The zero-order valence-electron chi connectivity index (χ0n) is 15.1. The molecule has 0 spiro atoms. The topological polar surface area (TPSA) is 107 Å². The molecule has 0 radical (unpaired) electrons. The van der Waals surface area contributed by atoms with E-state index in [1.807, 2.05) is 13.8 Å². The highest BCUT2D eigenvalue weighted by molar-refractivity contribution is 6.37. The number of carbonyl (C=O) groups is 2. The first kappa shape index (κ1) is 21.7. The number of halogens is 2. The number of phenolic OH excluding ortho intramolecular Hbond substituents is 1. The second-order valence-corrected chi connectivity index (χ2v) is 7.17. The SMILES string of the molecule is CC(C)c1cc(Oc2c(Cl)cc(N(CC(=O)O)CC(=O)O)cc2Cl)ccc1O. The monoisotopic (exact) mass is 427 g/mol. The first-order valence-corrected chi connectivity index (χ1v) is 9.02. The number of aliphatic carboxylic acids is 2. The van der Waals surface area contributed by atoms with Crippen molar-refractivity contribution in [1.29, 1.82) is 0 Å². The van der Waals surface area contributed by atoms with Crippen LogP contribution in [0.2, 0.25) is 10.0 Å². The van der Waals surface area contributed by atoms with E-state index < -0.39 is 25.0 Å². The Balaban J connectivity index is 2.37. The smallest absolute Gasteiger partial charge is 0.323 e. The number of carboxylic acids is 2. The van der Waals surface area contributed by atoms with Crippen molar-refractivity contribution in [1.82, 2.24) is 0 Å². The zero-order chi connectivity index (χ0) is 21.0. The fourth-order valence-electron chi connectivity index (χ4n) is 2.57. The van der Waals surface area contributed by atoms with Crippen LogP contribution in [-0.4, -0.2) is 40.3 Å². The molecular formula is C19H19Cl2NO6. The van der Waals surface area contributed by atoms with E-state index in [9.17, 15) is 14.7 Å². The van der Waals surface area contributed by atoms with E-state index in [1.165, 1.54) is 18.2 Å². The average molecular weight is 428 g/mol. The van der Waals surface area contributed by atoms with Gasteiger partial charge in [0, 0.05) is 11.3 Å². The number of carboxylic acid groups (broad SMARTS) is 2. The molecule has 0 aromatic heterocycles. The van der Waals surface area contributed by atoms with Crippen LogP contribution in [0.1, 0.15) is 25.3 Å². The third kappa shape index (κ3) is 5.43. The van der Waals surface area contributed by atoms with E-state index in [-0.39, 0.29) is 33.1 Å². The first-order chi connectivity index (χ1) is 13.1. The van der Waals surface area contributed by atoms with Crippen LogP contribution in [-0.2, 0) is 9.59 Å². The standard InChI is InChI=1S/C19H19Cl2NO6/c1-10(2)13-7-12(3-4-16(13)23)28-19-14(20)5-11(6-15(19)21)22(8-17(24)25)9-18(26)27/h3-7,10,23H,8-9H2,1-2H3,(H,24,25)(H,26,27). The van der Waals surface area contributed by atoms with E-state index >= 15 is 0 Å². The van der Waals surface area contributed by atoms with Crippen LogP contribution < -0.4 is 9.64 Å². The van der Waals surface area contributed by atoms with Gasteiger partial charge in [0.1, 0.15) is 24.6 Å². The van der Waals surface area contributed by atoms with Crippen molar-refractivity contribution in [2.24, 2.45) is 0 Å². The molecule has 0 saturated carbocycles. The van der Waals surface area contributed by atoms with Gasteiger partial charge in [0.05, 0.1) is 10.0 Å². The van der Waals surface area contributed by atoms with E-state index in [1.54, 1.807) is 12.1 Å². The van der Waals surface area contributed by atoms with Crippen molar-refractivity contribution in [2.45, 2.75) is 19.8 Å². The van der Waals surface area contributed by atoms with Gasteiger partial charge in [-0.05, 0) is 36.2 Å². The molecule has 150 valence electrons. The molecule has 0 unspecified atom stereocenters. The summed E-state index contributed by atoms with van der Waals surface area (Å²) in [7, 11) is 0. The second kappa shape index (κ2) is 9.03. The van der Waals surface area contributed by atoms with Gasteiger partial charge >= 0.3 is 11.9 Å². The fraction of sp³-hybridized carbons (Fsp3) is 0.263. The van der Waals surface area contributed by atoms with Crippen molar-refractivity contribution in [3.05, 3.63) is 45.9 Å². The maximum atomic E-state index is 11.0. The van der Waals surface area contributed by atoms with Gasteiger partial charge in [-0.25, -0.2) is 0 Å². The Morgan fingerprint density at radius 3 is 2.04 bits per heavy atom. The predicted octanol–water partition coefficient (Wildman–Crippen LogP) is 4.59. The fourth-order valence-corrected chi connectivity index (χ4v) is 3.12. The Morgan fingerprint density at radius 2 is 1.57 bits per heavy atom. The van der Waals surface area contributed by atoms with Gasteiger partial charge in [-0.1, -0.05) is 37.0 Å². The van der Waals surface area contributed by atoms with Gasteiger partial charge in [0.15, 0.2) is 5.75 Å². The Hall–Kier alpha value is -2.64. The summed E-state index contributed by atoms with van der Waals surface area (Å²) < 4.78 is 5.76. The molecule has 0 bridgehead atoms. The number of benzene rings is 2. The van der Waals surface area contributed by atoms with Crippen molar-refractivity contribution >= 4 is 40.8 Å². The highest BCUT2D eigenvalue weighted by Crippen LogP contribution is 2.41. The molecule has 2 rings (SSSR count). The molecule has 0 aliphatic heterocycles. The predicted molar refractivity (Wildman–Crippen MR) is 106 cm³/mol. The average Bonchev–Trinajstić information content (AvgIpc) is 2.57. The zero-order valence-corrected chi connectivity index (χ0v) is 16.7. The molecule has 2 aromatic rings. The molecule has 28 heavy (non-hydrogen) atoms. The molecule has 9 heteroatoms. The first-order valence-electron chi connectivity index (χ1n) is 8.26. The van der Waals surface area contributed by atoms with Crippen LogP contribution in [0.25, 0.3) is 0 Å². The van der Waals surface area contributed by atoms with Crippen LogP contribution in [0, 0.1) is 0 Å². The van der Waals surface area contributed by atoms with E-state index in [2.05, 4.69) is 0 Å². The largest absolute Gasteiger partial charge is 0.508 e. The number of anilines is 1. The Kier molecular flexibility index (Phi) is 6.99. The van der Waals surface area contributed by atoms with Crippen molar-refractivity contribution in [3.8, 4) is 17.2 Å². The van der Waals surface area contributed by atoms with Gasteiger partial charge in [-0.15, -0.1) is 0 Å². The van der Waals surface area contributed by atoms with E-state index in [0.29, 0.717) is 11.3 Å². The van der Waals surface area contributed by atoms with Crippen molar-refractivity contribution in [2.75, 3.05) is 18.0 Å². The quantitative estimate of drug-likeness (QED) is 0.565. The second-order valence-electron chi connectivity index (χ2n) is 6.36. The van der Waals surface area contributed by atoms with Crippen molar-refractivity contribution < 1.29 is 29.6 Å². The number of phenols is 1. The van der Waals surface area contributed by atoms with Crippen LogP contribution in [0.4, 0.5) is 5.69 Å². The Morgan fingerprint density at radius 1 is 1.04 bits per heavy atom. The summed E-state index contributed by atoms with van der Waals surface area (Å²) in [6, 6.07) is 7.50. The van der Waals surface area contributed by atoms with Gasteiger partial charge < -0.3 is 25.0 Å².